The molecule has 0 radical (unpaired) electrons. The molecule has 4 nitrogen and oxygen atoms in total. The van der Waals surface area contributed by atoms with Gasteiger partial charge in [-0.2, -0.15) is 11.8 Å². The van der Waals surface area contributed by atoms with Crippen LogP contribution in [0.15, 0.2) is 46.2 Å². The lowest BCUT2D eigenvalue weighted by molar-refractivity contribution is -0.385. The summed E-state index contributed by atoms with van der Waals surface area (Å²) in [6.07, 6.45) is 0. The van der Waals surface area contributed by atoms with Gasteiger partial charge >= 0.3 is 0 Å². The number of nitro groups is 1. The minimum atomic E-state index is -0.305. The minimum Gasteiger partial charge on any atom is -0.297 e. The molecule has 1 aliphatic rings. The van der Waals surface area contributed by atoms with Crippen LogP contribution in [0.3, 0.4) is 0 Å². The molecule has 0 spiro atoms. The van der Waals surface area contributed by atoms with Crippen LogP contribution >= 0.6 is 23.5 Å². The summed E-state index contributed by atoms with van der Waals surface area (Å²) < 4.78 is 0. The van der Waals surface area contributed by atoms with E-state index < -0.39 is 0 Å². The molecule has 0 saturated carbocycles. The summed E-state index contributed by atoms with van der Waals surface area (Å²) in [5.41, 5.74) is 3.69. The van der Waals surface area contributed by atoms with Crippen LogP contribution in [-0.4, -0.2) is 34.4 Å². The number of aryl methyl sites for hydroxylation is 2. The molecule has 0 atom stereocenters. The van der Waals surface area contributed by atoms with Crippen molar-refractivity contribution < 1.29 is 4.92 Å². The fourth-order valence-electron chi connectivity index (χ4n) is 3.02. The van der Waals surface area contributed by atoms with Crippen LogP contribution in [0.2, 0.25) is 0 Å². The van der Waals surface area contributed by atoms with Crippen molar-refractivity contribution in [3.8, 4) is 0 Å². The van der Waals surface area contributed by atoms with Gasteiger partial charge in [-0.25, -0.2) is 0 Å². The Hall–Kier alpha value is -1.50. The van der Waals surface area contributed by atoms with Crippen molar-refractivity contribution in [2.24, 2.45) is 0 Å². The molecule has 0 unspecified atom stereocenters. The summed E-state index contributed by atoms with van der Waals surface area (Å²) in [5.74, 6) is 2.27. The Kier molecular flexibility index (Phi) is 6.04. The van der Waals surface area contributed by atoms with Crippen LogP contribution in [0, 0.1) is 24.0 Å². The zero-order valence-corrected chi connectivity index (χ0v) is 16.2. The van der Waals surface area contributed by atoms with E-state index in [1.54, 1.807) is 23.9 Å². The second-order valence-electron chi connectivity index (χ2n) is 6.36. The Balaban J connectivity index is 1.89. The fraction of sp³-hybridized carbons (Fsp3) is 0.368. The largest absolute Gasteiger partial charge is 0.297 e. The number of nitro benzene ring substituents is 1. The molecule has 2 aromatic carbocycles. The molecule has 6 heteroatoms. The molecule has 25 heavy (non-hydrogen) atoms. The highest BCUT2D eigenvalue weighted by atomic mass is 32.2. The first-order valence-electron chi connectivity index (χ1n) is 8.35. The minimum absolute atomic E-state index is 0.172. The highest BCUT2D eigenvalue weighted by Gasteiger charge is 2.17. The topological polar surface area (TPSA) is 46.4 Å². The smallest absolute Gasteiger partial charge is 0.269 e. The standard InChI is InChI=1S/C19H22N2O2S2/c1-14-9-15(2)11-18(10-14)25-19-4-3-17(21(22)23)12-16(19)13-20-5-7-24-8-6-20/h3-4,9-12H,5-8,13H2,1-2H3. The Labute approximate surface area is 157 Å². The van der Waals surface area contributed by atoms with Gasteiger partial charge in [-0.1, -0.05) is 17.8 Å². The van der Waals surface area contributed by atoms with Gasteiger partial charge in [0, 0.05) is 53.1 Å². The molecule has 3 rings (SSSR count). The van der Waals surface area contributed by atoms with E-state index in [0.29, 0.717) is 0 Å². The lowest BCUT2D eigenvalue weighted by atomic mass is 10.2. The second-order valence-corrected chi connectivity index (χ2v) is 8.70. The highest BCUT2D eigenvalue weighted by molar-refractivity contribution is 7.99. The lowest BCUT2D eigenvalue weighted by Gasteiger charge is -2.26. The highest BCUT2D eigenvalue weighted by Crippen LogP contribution is 2.34. The van der Waals surface area contributed by atoms with Gasteiger partial charge < -0.3 is 0 Å². The Morgan fingerprint density at radius 2 is 1.80 bits per heavy atom. The van der Waals surface area contributed by atoms with Crippen LogP contribution in [-0.2, 0) is 6.54 Å². The summed E-state index contributed by atoms with van der Waals surface area (Å²) in [5, 5.41) is 11.2. The third-order valence-corrected chi connectivity index (χ3v) is 6.21. The first kappa shape index (κ1) is 18.3. The van der Waals surface area contributed by atoms with E-state index >= 15 is 0 Å². The number of nitrogens with zero attached hydrogens (tertiary/aromatic N) is 2. The maximum Gasteiger partial charge on any atom is 0.269 e. The van der Waals surface area contributed by atoms with Crippen LogP contribution in [0.1, 0.15) is 16.7 Å². The zero-order valence-electron chi connectivity index (χ0n) is 14.5. The van der Waals surface area contributed by atoms with Gasteiger partial charge in [0.1, 0.15) is 0 Å². The monoisotopic (exact) mass is 374 g/mol. The second kappa shape index (κ2) is 8.25. The van der Waals surface area contributed by atoms with Crippen molar-refractivity contribution >= 4 is 29.2 Å². The quantitative estimate of drug-likeness (QED) is 0.549. The number of thioether (sulfide) groups is 1. The van der Waals surface area contributed by atoms with Crippen LogP contribution < -0.4 is 0 Å². The lowest BCUT2D eigenvalue weighted by Crippen LogP contribution is -2.32. The fourth-order valence-corrected chi connectivity index (χ4v) is 5.13. The summed E-state index contributed by atoms with van der Waals surface area (Å²) in [6.45, 7) is 7.05. The molecule has 132 valence electrons. The van der Waals surface area contributed by atoms with Gasteiger partial charge in [0.05, 0.1) is 4.92 Å². The van der Waals surface area contributed by atoms with E-state index in [-0.39, 0.29) is 10.6 Å². The normalized spacial score (nSPS) is 15.3. The maximum atomic E-state index is 11.2. The number of benzene rings is 2. The van der Waals surface area contributed by atoms with Gasteiger partial charge in [0.25, 0.3) is 5.69 Å². The van der Waals surface area contributed by atoms with Crippen molar-refractivity contribution in [2.45, 2.75) is 30.2 Å². The molecular formula is C19H22N2O2S2. The van der Waals surface area contributed by atoms with Gasteiger partial charge in [0.15, 0.2) is 0 Å². The number of rotatable bonds is 5. The molecule has 0 bridgehead atoms. The molecule has 0 amide bonds. The number of hydrogen-bond donors (Lipinski definition) is 0. The van der Waals surface area contributed by atoms with Crippen molar-refractivity contribution in [3.63, 3.8) is 0 Å². The Morgan fingerprint density at radius 3 is 2.44 bits per heavy atom. The SMILES string of the molecule is Cc1cc(C)cc(Sc2ccc([N+](=O)[O-])cc2CN2CCSCC2)c1. The van der Waals surface area contributed by atoms with Crippen molar-refractivity contribution in [2.75, 3.05) is 24.6 Å². The number of hydrogen-bond acceptors (Lipinski definition) is 5. The van der Waals surface area contributed by atoms with E-state index in [0.717, 1.165) is 41.6 Å². The predicted octanol–water partition coefficient (Wildman–Crippen LogP) is 4.91. The van der Waals surface area contributed by atoms with E-state index in [1.165, 1.54) is 16.0 Å². The Bertz CT molecular complexity index is 754. The van der Waals surface area contributed by atoms with Crippen molar-refractivity contribution in [1.82, 2.24) is 4.90 Å². The molecule has 1 aliphatic heterocycles. The number of non-ortho nitro benzene ring substituents is 1. The molecule has 0 aliphatic carbocycles. The molecule has 0 aromatic heterocycles. The average molecular weight is 375 g/mol. The van der Waals surface area contributed by atoms with Crippen molar-refractivity contribution in [3.05, 3.63) is 63.2 Å². The first-order chi connectivity index (χ1) is 12.0. The zero-order chi connectivity index (χ0) is 17.8. The summed E-state index contributed by atoms with van der Waals surface area (Å²) in [7, 11) is 0. The van der Waals surface area contributed by atoms with Gasteiger partial charge in [0.2, 0.25) is 0 Å². The Morgan fingerprint density at radius 1 is 1.12 bits per heavy atom. The van der Waals surface area contributed by atoms with Crippen LogP contribution in [0.25, 0.3) is 0 Å². The van der Waals surface area contributed by atoms with Crippen LogP contribution in [0.4, 0.5) is 5.69 Å². The summed E-state index contributed by atoms with van der Waals surface area (Å²) in [4.78, 5) is 15.6. The average Bonchev–Trinajstić information content (AvgIpc) is 2.56. The van der Waals surface area contributed by atoms with E-state index in [4.69, 9.17) is 0 Å². The van der Waals surface area contributed by atoms with Gasteiger partial charge in [-0.3, -0.25) is 15.0 Å². The maximum absolute atomic E-state index is 11.2. The third-order valence-electron chi connectivity index (χ3n) is 4.18. The molecular weight excluding hydrogens is 352 g/mol. The molecule has 1 fully saturated rings. The van der Waals surface area contributed by atoms with Crippen molar-refractivity contribution in [1.29, 1.82) is 0 Å². The van der Waals surface area contributed by atoms with Gasteiger partial charge in [-0.05, 0) is 48.7 Å². The molecule has 1 heterocycles. The van der Waals surface area contributed by atoms with E-state index in [9.17, 15) is 10.1 Å². The molecule has 2 aromatic rings. The van der Waals surface area contributed by atoms with E-state index in [2.05, 4.69) is 36.9 Å². The first-order valence-corrected chi connectivity index (χ1v) is 10.3. The van der Waals surface area contributed by atoms with Crippen LogP contribution in [0.5, 0.6) is 0 Å². The molecule has 1 saturated heterocycles. The third kappa shape index (κ3) is 5.00. The van der Waals surface area contributed by atoms with Gasteiger partial charge in [-0.15, -0.1) is 0 Å². The predicted molar refractivity (Wildman–Crippen MR) is 106 cm³/mol. The summed E-state index contributed by atoms with van der Waals surface area (Å²) >= 11 is 3.67. The molecule has 0 N–H and O–H groups in total. The van der Waals surface area contributed by atoms with E-state index in [1.807, 2.05) is 17.8 Å². The summed E-state index contributed by atoms with van der Waals surface area (Å²) in [6, 6.07) is 11.7.